The predicted octanol–water partition coefficient (Wildman–Crippen LogP) is 2.10. The molecule has 1 unspecified atom stereocenters. The second-order valence-electron chi connectivity index (χ2n) is 4.76. The van der Waals surface area contributed by atoms with E-state index in [4.69, 9.17) is 9.84 Å². The second kappa shape index (κ2) is 8.97. The minimum atomic E-state index is -0.934. The fourth-order valence-corrected chi connectivity index (χ4v) is 1.82. The summed E-state index contributed by atoms with van der Waals surface area (Å²) in [7, 11) is 1.61. The molecule has 0 bridgehead atoms. The third kappa shape index (κ3) is 6.27. The van der Waals surface area contributed by atoms with Crippen LogP contribution in [-0.2, 0) is 9.53 Å². The molecule has 1 rings (SSSR count). The van der Waals surface area contributed by atoms with Crippen LogP contribution in [0.25, 0.3) is 0 Å². The van der Waals surface area contributed by atoms with E-state index >= 15 is 0 Å². The standard InChI is InChI=1S/C15H22N2O4/c1-12(9-11-21-2)16-15(20)17(10-8-14(18)19)13-6-4-3-5-7-13/h3-7,12H,8-11H2,1-2H3,(H,16,20)(H,18,19). The number of benzene rings is 1. The van der Waals surface area contributed by atoms with Crippen LogP contribution in [0.2, 0.25) is 0 Å². The lowest BCUT2D eigenvalue weighted by molar-refractivity contribution is -0.136. The van der Waals surface area contributed by atoms with Gasteiger partial charge in [-0.1, -0.05) is 18.2 Å². The molecule has 2 amide bonds. The number of aliphatic carboxylic acids is 1. The van der Waals surface area contributed by atoms with Gasteiger partial charge >= 0.3 is 12.0 Å². The van der Waals surface area contributed by atoms with Gasteiger partial charge in [0.05, 0.1) is 6.42 Å². The Balaban J connectivity index is 2.71. The molecule has 0 fully saturated rings. The van der Waals surface area contributed by atoms with Crippen molar-refractivity contribution in [3.8, 4) is 0 Å². The maximum Gasteiger partial charge on any atom is 0.322 e. The number of para-hydroxylation sites is 1. The van der Waals surface area contributed by atoms with Gasteiger partial charge in [-0.3, -0.25) is 9.69 Å². The third-order valence-corrected chi connectivity index (χ3v) is 2.99. The molecule has 0 saturated carbocycles. The van der Waals surface area contributed by atoms with Crippen molar-refractivity contribution in [2.24, 2.45) is 0 Å². The number of urea groups is 1. The average molecular weight is 294 g/mol. The molecule has 0 radical (unpaired) electrons. The van der Waals surface area contributed by atoms with E-state index in [-0.39, 0.29) is 25.0 Å². The van der Waals surface area contributed by atoms with Gasteiger partial charge in [0.1, 0.15) is 0 Å². The first-order chi connectivity index (χ1) is 10.0. The highest BCUT2D eigenvalue weighted by molar-refractivity contribution is 5.92. The number of ether oxygens (including phenoxy) is 1. The zero-order chi connectivity index (χ0) is 15.7. The minimum absolute atomic E-state index is 0.0477. The molecule has 0 aliphatic rings. The van der Waals surface area contributed by atoms with E-state index in [1.165, 1.54) is 4.90 Å². The molecule has 21 heavy (non-hydrogen) atoms. The maximum absolute atomic E-state index is 12.3. The smallest absolute Gasteiger partial charge is 0.322 e. The quantitative estimate of drug-likeness (QED) is 0.769. The minimum Gasteiger partial charge on any atom is -0.481 e. The van der Waals surface area contributed by atoms with E-state index in [0.29, 0.717) is 18.7 Å². The Labute approximate surface area is 124 Å². The number of hydrogen-bond donors (Lipinski definition) is 2. The highest BCUT2D eigenvalue weighted by Gasteiger charge is 2.18. The van der Waals surface area contributed by atoms with Crippen molar-refractivity contribution in [2.45, 2.75) is 25.8 Å². The Kier molecular flexibility index (Phi) is 7.25. The monoisotopic (exact) mass is 294 g/mol. The van der Waals surface area contributed by atoms with Crippen LogP contribution in [0.4, 0.5) is 10.5 Å². The van der Waals surface area contributed by atoms with E-state index in [1.54, 1.807) is 19.2 Å². The molecule has 1 aromatic rings. The van der Waals surface area contributed by atoms with E-state index in [1.807, 2.05) is 25.1 Å². The van der Waals surface area contributed by atoms with Crippen LogP contribution in [0.1, 0.15) is 19.8 Å². The van der Waals surface area contributed by atoms with Gasteiger partial charge in [-0.25, -0.2) is 4.79 Å². The van der Waals surface area contributed by atoms with Crippen LogP contribution < -0.4 is 10.2 Å². The molecule has 0 spiro atoms. The van der Waals surface area contributed by atoms with Gasteiger partial charge in [0.15, 0.2) is 0 Å². The first-order valence-electron chi connectivity index (χ1n) is 6.88. The van der Waals surface area contributed by atoms with Gasteiger partial charge in [0.2, 0.25) is 0 Å². The van der Waals surface area contributed by atoms with E-state index < -0.39 is 5.97 Å². The lowest BCUT2D eigenvalue weighted by Crippen LogP contribution is -2.45. The number of nitrogens with one attached hydrogen (secondary N) is 1. The largest absolute Gasteiger partial charge is 0.481 e. The Bertz CT molecular complexity index is 450. The molecule has 0 aliphatic heterocycles. The molecule has 116 valence electrons. The van der Waals surface area contributed by atoms with Crippen molar-refractivity contribution in [1.29, 1.82) is 0 Å². The molecule has 6 heteroatoms. The Morgan fingerprint density at radius 3 is 2.57 bits per heavy atom. The second-order valence-corrected chi connectivity index (χ2v) is 4.76. The summed E-state index contributed by atoms with van der Waals surface area (Å²) in [4.78, 5) is 24.5. The van der Waals surface area contributed by atoms with Crippen molar-refractivity contribution >= 4 is 17.7 Å². The summed E-state index contributed by atoms with van der Waals surface area (Å²) in [6.07, 6.45) is 0.596. The van der Waals surface area contributed by atoms with Crippen LogP contribution in [0, 0.1) is 0 Å². The van der Waals surface area contributed by atoms with E-state index in [0.717, 1.165) is 0 Å². The number of rotatable bonds is 8. The number of hydrogen-bond acceptors (Lipinski definition) is 3. The molecule has 1 aromatic carbocycles. The Morgan fingerprint density at radius 1 is 1.33 bits per heavy atom. The average Bonchev–Trinajstić information content (AvgIpc) is 2.46. The summed E-state index contributed by atoms with van der Waals surface area (Å²) in [6, 6.07) is 8.68. The molecular weight excluding hydrogens is 272 g/mol. The van der Waals surface area contributed by atoms with E-state index in [9.17, 15) is 9.59 Å². The topological polar surface area (TPSA) is 78.9 Å². The van der Waals surface area contributed by atoms with Gasteiger partial charge < -0.3 is 15.2 Å². The van der Waals surface area contributed by atoms with Gasteiger partial charge in [-0.05, 0) is 25.5 Å². The Hall–Kier alpha value is -2.08. The first kappa shape index (κ1) is 17.0. The normalized spacial score (nSPS) is 11.7. The summed E-state index contributed by atoms with van der Waals surface area (Å²) in [5, 5.41) is 11.7. The molecule has 1 atom stereocenters. The van der Waals surface area contributed by atoms with Gasteiger partial charge in [-0.2, -0.15) is 0 Å². The van der Waals surface area contributed by atoms with Crippen molar-refractivity contribution in [1.82, 2.24) is 5.32 Å². The van der Waals surface area contributed by atoms with Crippen LogP contribution >= 0.6 is 0 Å². The predicted molar refractivity (Wildman–Crippen MR) is 80.5 cm³/mol. The fourth-order valence-electron chi connectivity index (χ4n) is 1.82. The lowest BCUT2D eigenvalue weighted by atomic mass is 10.2. The van der Waals surface area contributed by atoms with Gasteiger partial charge in [0, 0.05) is 32.0 Å². The molecular formula is C15H22N2O4. The highest BCUT2D eigenvalue weighted by atomic mass is 16.5. The highest BCUT2D eigenvalue weighted by Crippen LogP contribution is 2.14. The molecule has 0 saturated heterocycles. The number of carboxylic acids is 1. The number of methoxy groups -OCH3 is 1. The lowest BCUT2D eigenvalue weighted by Gasteiger charge is -2.24. The molecule has 0 aliphatic carbocycles. The fraction of sp³-hybridized carbons (Fsp3) is 0.467. The van der Waals surface area contributed by atoms with E-state index in [2.05, 4.69) is 5.32 Å². The molecule has 6 nitrogen and oxygen atoms in total. The first-order valence-corrected chi connectivity index (χ1v) is 6.88. The third-order valence-electron chi connectivity index (χ3n) is 2.99. The number of carbonyl (C=O) groups excluding carboxylic acids is 1. The summed E-state index contributed by atoms with van der Waals surface area (Å²) >= 11 is 0. The van der Waals surface area contributed by atoms with Crippen LogP contribution in [-0.4, -0.2) is 43.4 Å². The van der Waals surface area contributed by atoms with Crippen LogP contribution in [0.5, 0.6) is 0 Å². The number of nitrogens with zero attached hydrogens (tertiary/aromatic N) is 1. The van der Waals surface area contributed by atoms with Crippen molar-refractivity contribution in [3.63, 3.8) is 0 Å². The Morgan fingerprint density at radius 2 is 2.00 bits per heavy atom. The van der Waals surface area contributed by atoms with Crippen molar-refractivity contribution < 1.29 is 19.4 Å². The van der Waals surface area contributed by atoms with Gasteiger partial charge in [0.25, 0.3) is 0 Å². The summed E-state index contributed by atoms with van der Waals surface area (Å²) < 4.78 is 4.98. The van der Waals surface area contributed by atoms with Crippen molar-refractivity contribution in [3.05, 3.63) is 30.3 Å². The van der Waals surface area contributed by atoms with Gasteiger partial charge in [-0.15, -0.1) is 0 Å². The number of carbonyl (C=O) groups is 2. The SMILES string of the molecule is COCCC(C)NC(=O)N(CCC(=O)O)c1ccccc1. The number of anilines is 1. The molecule has 2 N–H and O–H groups in total. The zero-order valence-corrected chi connectivity index (χ0v) is 12.4. The summed E-state index contributed by atoms with van der Waals surface area (Å²) in [5.41, 5.74) is 0.676. The maximum atomic E-state index is 12.3. The molecule has 0 aromatic heterocycles. The summed E-state index contributed by atoms with van der Waals surface area (Å²) in [5.74, 6) is -0.934. The number of amides is 2. The molecule has 0 heterocycles. The zero-order valence-electron chi connectivity index (χ0n) is 12.4. The summed E-state index contributed by atoms with van der Waals surface area (Å²) in [6.45, 7) is 2.57. The van der Waals surface area contributed by atoms with Crippen LogP contribution in [0.15, 0.2) is 30.3 Å². The van der Waals surface area contributed by atoms with Crippen molar-refractivity contribution in [2.75, 3.05) is 25.2 Å². The number of carboxylic acid groups (broad SMARTS) is 1. The van der Waals surface area contributed by atoms with Crippen LogP contribution in [0.3, 0.4) is 0 Å².